The Bertz CT molecular complexity index is 924. The topological polar surface area (TPSA) is 129 Å². The third-order valence-electron chi connectivity index (χ3n) is 4.46. The largest absolute Gasteiger partial charge is 0.394 e. The first-order valence-corrected chi connectivity index (χ1v) is 9.76. The number of aliphatic hydroxyl groups excluding tert-OH is 3. The van der Waals surface area contributed by atoms with Gasteiger partial charge >= 0.3 is 0 Å². The minimum absolute atomic E-state index is 0.401. The quantitative estimate of drug-likeness (QED) is 0.480. The Kier molecular flexibility index (Phi) is 5.67. The predicted molar refractivity (Wildman–Crippen MR) is 102 cm³/mol. The maximum atomic E-state index is 10.9. The molecule has 4 heterocycles. The Morgan fingerprint density at radius 3 is 2.82 bits per heavy atom. The van der Waals surface area contributed by atoms with Crippen LogP contribution in [-0.2, 0) is 4.74 Å². The van der Waals surface area contributed by atoms with Gasteiger partial charge in [0.1, 0.15) is 35.6 Å². The number of halogens is 1. The van der Waals surface area contributed by atoms with E-state index >= 15 is 0 Å². The zero-order valence-corrected chi connectivity index (χ0v) is 16.0. The van der Waals surface area contributed by atoms with Crippen molar-refractivity contribution in [3.05, 3.63) is 48.3 Å². The Morgan fingerprint density at radius 2 is 2.11 bits per heavy atom. The van der Waals surface area contributed by atoms with Crippen molar-refractivity contribution in [2.45, 2.75) is 34.7 Å². The molecule has 0 aromatic carbocycles. The predicted octanol–water partition coefficient (Wildman–Crippen LogP) is 1.09. The van der Waals surface area contributed by atoms with Crippen LogP contribution in [0, 0.1) is 0 Å². The summed E-state index contributed by atoms with van der Waals surface area (Å²) in [6.07, 6.45) is 6.55. The standard InChI is InChI=1S/C17H18ClN5O4S/c18-10-3-11(6-19-5-10)28-17-15(26)13(14(25)12(8-24)27-17)23-7-9(4-22-23)16-20-1-2-21-16/h1-7,12-15,17,24-26H,8H2,(H,20,21)/t12-,13+,14+,15-,17-/m1/s1. The van der Waals surface area contributed by atoms with Crippen LogP contribution >= 0.6 is 23.4 Å². The molecular weight excluding hydrogens is 406 g/mol. The summed E-state index contributed by atoms with van der Waals surface area (Å²) in [6.45, 7) is -0.401. The fourth-order valence-electron chi connectivity index (χ4n) is 3.12. The molecule has 5 atom stereocenters. The van der Waals surface area contributed by atoms with Crippen molar-refractivity contribution in [2.24, 2.45) is 0 Å². The zero-order valence-electron chi connectivity index (χ0n) is 14.5. The summed E-state index contributed by atoms with van der Waals surface area (Å²) in [6, 6.07) is 0.880. The number of aliphatic hydroxyl groups is 3. The minimum Gasteiger partial charge on any atom is -0.394 e. The van der Waals surface area contributed by atoms with Gasteiger partial charge in [0.25, 0.3) is 0 Å². The summed E-state index contributed by atoms with van der Waals surface area (Å²) in [4.78, 5) is 11.9. The molecule has 1 aliphatic heterocycles. The van der Waals surface area contributed by atoms with Crippen molar-refractivity contribution in [2.75, 3.05) is 6.61 Å². The maximum absolute atomic E-state index is 10.9. The normalized spacial score (nSPS) is 27.8. The van der Waals surface area contributed by atoms with E-state index in [4.69, 9.17) is 16.3 Å². The number of ether oxygens (including phenoxy) is 1. The van der Waals surface area contributed by atoms with Crippen molar-refractivity contribution in [1.29, 1.82) is 0 Å². The van der Waals surface area contributed by atoms with Gasteiger partial charge in [-0.3, -0.25) is 9.67 Å². The summed E-state index contributed by atoms with van der Waals surface area (Å²) < 4.78 is 7.19. The van der Waals surface area contributed by atoms with Crippen molar-refractivity contribution in [1.82, 2.24) is 24.7 Å². The first kappa shape index (κ1) is 19.4. The molecule has 1 aliphatic rings. The number of rotatable bonds is 5. The number of imidazole rings is 1. The number of aromatic nitrogens is 5. The van der Waals surface area contributed by atoms with Gasteiger partial charge < -0.3 is 25.0 Å². The third kappa shape index (κ3) is 3.79. The van der Waals surface area contributed by atoms with Crippen LogP contribution in [-0.4, -0.2) is 70.4 Å². The summed E-state index contributed by atoms with van der Waals surface area (Å²) in [7, 11) is 0. The van der Waals surface area contributed by atoms with Gasteiger partial charge in [-0.2, -0.15) is 5.10 Å². The van der Waals surface area contributed by atoms with Crippen LogP contribution in [0.25, 0.3) is 11.4 Å². The smallest absolute Gasteiger partial charge is 0.140 e. The molecule has 0 bridgehead atoms. The molecule has 1 fully saturated rings. The number of aromatic amines is 1. The lowest BCUT2D eigenvalue weighted by atomic mass is 9.97. The minimum atomic E-state index is -1.15. The second-order valence-corrected chi connectivity index (χ2v) is 7.91. The van der Waals surface area contributed by atoms with Crippen molar-refractivity contribution >= 4 is 23.4 Å². The van der Waals surface area contributed by atoms with Gasteiger partial charge in [0.15, 0.2) is 0 Å². The highest BCUT2D eigenvalue weighted by atomic mass is 35.5. The van der Waals surface area contributed by atoms with E-state index in [-0.39, 0.29) is 0 Å². The molecule has 0 unspecified atom stereocenters. The average molecular weight is 424 g/mol. The molecule has 0 amide bonds. The maximum Gasteiger partial charge on any atom is 0.140 e. The average Bonchev–Trinajstić information content (AvgIpc) is 3.36. The van der Waals surface area contributed by atoms with Crippen molar-refractivity contribution < 1.29 is 20.1 Å². The van der Waals surface area contributed by atoms with Crippen LogP contribution in [0.2, 0.25) is 5.02 Å². The molecule has 1 saturated heterocycles. The van der Waals surface area contributed by atoms with Gasteiger partial charge in [0.2, 0.25) is 0 Å². The molecule has 0 radical (unpaired) electrons. The van der Waals surface area contributed by atoms with Gasteiger partial charge in [-0.1, -0.05) is 23.4 Å². The van der Waals surface area contributed by atoms with Crippen LogP contribution in [0.4, 0.5) is 0 Å². The van der Waals surface area contributed by atoms with E-state index in [2.05, 4.69) is 20.1 Å². The lowest BCUT2D eigenvalue weighted by Gasteiger charge is -2.42. The van der Waals surface area contributed by atoms with E-state index in [0.717, 1.165) is 0 Å². The van der Waals surface area contributed by atoms with E-state index in [9.17, 15) is 15.3 Å². The molecule has 4 N–H and O–H groups in total. The summed E-state index contributed by atoms with van der Waals surface area (Å²) in [5.74, 6) is 0.622. The van der Waals surface area contributed by atoms with Crippen LogP contribution in [0.15, 0.2) is 48.1 Å². The molecule has 28 heavy (non-hydrogen) atoms. The second kappa shape index (κ2) is 8.19. The molecular formula is C17H18ClN5O4S. The first-order chi connectivity index (χ1) is 13.6. The molecule has 0 spiro atoms. The van der Waals surface area contributed by atoms with E-state index in [0.29, 0.717) is 21.3 Å². The van der Waals surface area contributed by atoms with Crippen LogP contribution < -0.4 is 0 Å². The van der Waals surface area contributed by atoms with Gasteiger partial charge in [-0.25, -0.2) is 4.98 Å². The van der Waals surface area contributed by atoms with E-state index in [1.54, 1.807) is 37.1 Å². The Balaban J connectivity index is 1.61. The molecule has 3 aromatic heterocycles. The number of hydrogen-bond donors (Lipinski definition) is 4. The number of hydrogen-bond acceptors (Lipinski definition) is 8. The summed E-state index contributed by atoms with van der Waals surface area (Å²) in [5, 5.41) is 35.9. The van der Waals surface area contributed by atoms with Gasteiger partial charge in [0.05, 0.1) is 23.4 Å². The number of nitrogens with zero attached hydrogens (tertiary/aromatic N) is 4. The van der Waals surface area contributed by atoms with Gasteiger partial charge in [-0.15, -0.1) is 0 Å². The van der Waals surface area contributed by atoms with E-state index < -0.39 is 36.4 Å². The number of pyridine rings is 1. The second-order valence-electron chi connectivity index (χ2n) is 6.30. The molecule has 0 aliphatic carbocycles. The Labute approximate surface area is 169 Å². The Hall–Kier alpha value is -1.95. The van der Waals surface area contributed by atoms with Gasteiger partial charge in [0, 0.05) is 35.9 Å². The lowest BCUT2D eigenvalue weighted by Crippen LogP contribution is -2.54. The summed E-state index contributed by atoms with van der Waals surface area (Å²) in [5.41, 5.74) is -0.0539. The molecule has 0 saturated carbocycles. The van der Waals surface area contributed by atoms with Crippen LogP contribution in [0.5, 0.6) is 0 Å². The molecule has 11 heteroatoms. The van der Waals surface area contributed by atoms with Crippen molar-refractivity contribution in [3.8, 4) is 11.4 Å². The van der Waals surface area contributed by atoms with E-state index in [1.165, 1.54) is 22.6 Å². The van der Waals surface area contributed by atoms with Crippen LogP contribution in [0.1, 0.15) is 6.04 Å². The van der Waals surface area contributed by atoms with Crippen LogP contribution in [0.3, 0.4) is 0 Å². The molecule has 9 nitrogen and oxygen atoms in total. The highest BCUT2D eigenvalue weighted by molar-refractivity contribution is 7.99. The molecule has 148 valence electrons. The Morgan fingerprint density at radius 1 is 1.25 bits per heavy atom. The first-order valence-electron chi connectivity index (χ1n) is 8.50. The number of H-pyrrole nitrogens is 1. The molecule has 3 aromatic rings. The summed E-state index contributed by atoms with van der Waals surface area (Å²) >= 11 is 7.18. The van der Waals surface area contributed by atoms with Crippen molar-refractivity contribution in [3.63, 3.8) is 0 Å². The molecule has 4 rings (SSSR count). The highest BCUT2D eigenvalue weighted by Crippen LogP contribution is 2.38. The number of nitrogens with one attached hydrogen (secondary N) is 1. The van der Waals surface area contributed by atoms with Gasteiger partial charge in [-0.05, 0) is 6.07 Å². The van der Waals surface area contributed by atoms with E-state index in [1.807, 2.05) is 0 Å². The third-order valence-corrected chi connectivity index (χ3v) is 5.78. The SMILES string of the molecule is OC[C@H]1O[C@H](Sc2cncc(Cl)c2)[C@H](O)[C@@H](n2cc(-c3ncc[nH]3)cn2)[C@H]1O. The zero-order chi connectivity index (χ0) is 19.7. The monoisotopic (exact) mass is 423 g/mol. The number of thioether (sulfide) groups is 1. The fraction of sp³-hybridized carbons (Fsp3) is 0.353. The highest BCUT2D eigenvalue weighted by Gasteiger charge is 2.46. The lowest BCUT2D eigenvalue weighted by molar-refractivity contribution is -0.178. The fourth-order valence-corrected chi connectivity index (χ4v) is 4.44.